The second-order valence-corrected chi connectivity index (χ2v) is 5.48. The first-order valence-corrected chi connectivity index (χ1v) is 7.73. The zero-order chi connectivity index (χ0) is 17.8. The fraction of sp³-hybridized carbons (Fsp3) is 0.167. The van der Waals surface area contributed by atoms with Crippen LogP contribution in [0.5, 0.6) is 5.75 Å². The molecule has 7 heteroatoms. The van der Waals surface area contributed by atoms with Gasteiger partial charge >= 0.3 is 6.03 Å². The molecule has 3 N–H and O–H groups in total. The highest BCUT2D eigenvalue weighted by Gasteiger charge is 2.24. The number of nitrogens with one attached hydrogen (secondary N) is 3. The molecule has 0 fully saturated rings. The number of benzene rings is 2. The molecule has 0 aliphatic carbocycles. The van der Waals surface area contributed by atoms with Crippen molar-refractivity contribution in [2.24, 2.45) is 4.99 Å². The van der Waals surface area contributed by atoms with Gasteiger partial charge in [-0.15, -0.1) is 0 Å². The van der Waals surface area contributed by atoms with Crippen molar-refractivity contribution in [3.8, 4) is 5.75 Å². The standard InChI is InChI=1S/C18H18N4O3/c1-11-14-5-3-4-6-15(14)21-17(23)16(19-11)22-18(24)20-12-7-9-13(25-2)10-8-12/h3-10,16H,1-2H3,(H,21,23)(H2,20,22,24). The number of benzodiazepines with no additional fused rings is 1. The maximum Gasteiger partial charge on any atom is 0.321 e. The molecule has 0 radical (unpaired) electrons. The molecule has 0 aromatic heterocycles. The van der Waals surface area contributed by atoms with Crippen LogP contribution < -0.4 is 20.7 Å². The van der Waals surface area contributed by atoms with E-state index in [9.17, 15) is 9.59 Å². The van der Waals surface area contributed by atoms with Gasteiger partial charge in [0.25, 0.3) is 5.91 Å². The van der Waals surface area contributed by atoms with Crippen LogP contribution in [0.4, 0.5) is 16.2 Å². The zero-order valence-corrected chi connectivity index (χ0v) is 13.9. The summed E-state index contributed by atoms with van der Waals surface area (Å²) in [5.74, 6) is 0.293. The van der Waals surface area contributed by atoms with Crippen LogP contribution in [0.25, 0.3) is 0 Å². The maximum atomic E-state index is 12.3. The number of methoxy groups -OCH3 is 1. The summed E-state index contributed by atoms with van der Waals surface area (Å²) in [7, 11) is 1.57. The van der Waals surface area contributed by atoms with Gasteiger partial charge in [0.1, 0.15) is 5.75 Å². The fourth-order valence-electron chi connectivity index (χ4n) is 2.49. The number of hydrogen-bond donors (Lipinski definition) is 3. The number of ether oxygens (including phenoxy) is 1. The summed E-state index contributed by atoms with van der Waals surface area (Å²) < 4.78 is 5.07. The van der Waals surface area contributed by atoms with E-state index in [1.54, 1.807) is 44.4 Å². The summed E-state index contributed by atoms with van der Waals surface area (Å²) in [6.07, 6.45) is -1.01. The molecule has 3 rings (SSSR count). The quantitative estimate of drug-likeness (QED) is 0.803. The summed E-state index contributed by atoms with van der Waals surface area (Å²) >= 11 is 0. The number of urea groups is 1. The Morgan fingerprint density at radius 3 is 2.60 bits per heavy atom. The van der Waals surface area contributed by atoms with Crippen molar-refractivity contribution in [3.63, 3.8) is 0 Å². The molecule has 1 heterocycles. The van der Waals surface area contributed by atoms with Crippen molar-refractivity contribution in [2.75, 3.05) is 17.7 Å². The molecule has 1 unspecified atom stereocenters. The van der Waals surface area contributed by atoms with E-state index in [2.05, 4.69) is 20.9 Å². The molecule has 1 aliphatic rings. The summed E-state index contributed by atoms with van der Waals surface area (Å²) in [4.78, 5) is 28.8. The molecule has 25 heavy (non-hydrogen) atoms. The molecule has 1 atom stereocenters. The van der Waals surface area contributed by atoms with Gasteiger partial charge in [-0.3, -0.25) is 9.79 Å². The lowest BCUT2D eigenvalue weighted by molar-refractivity contribution is -0.117. The third kappa shape index (κ3) is 3.77. The van der Waals surface area contributed by atoms with E-state index < -0.39 is 18.1 Å². The Labute approximate surface area is 145 Å². The molecular weight excluding hydrogens is 320 g/mol. The molecule has 2 aromatic carbocycles. The number of fused-ring (bicyclic) bond motifs is 1. The second kappa shape index (κ2) is 7.04. The van der Waals surface area contributed by atoms with Gasteiger partial charge in [0.2, 0.25) is 6.17 Å². The Kier molecular flexibility index (Phi) is 4.65. The lowest BCUT2D eigenvalue weighted by atomic mass is 10.1. The van der Waals surface area contributed by atoms with E-state index in [0.29, 0.717) is 22.8 Å². The Morgan fingerprint density at radius 1 is 1.16 bits per heavy atom. The average Bonchev–Trinajstić information content (AvgIpc) is 2.72. The Bertz CT molecular complexity index is 830. The molecule has 3 amide bonds. The molecular formula is C18H18N4O3. The normalized spacial score (nSPS) is 16.0. The van der Waals surface area contributed by atoms with E-state index in [0.717, 1.165) is 5.56 Å². The predicted molar refractivity (Wildman–Crippen MR) is 96.2 cm³/mol. The largest absolute Gasteiger partial charge is 0.497 e. The third-order valence-electron chi connectivity index (χ3n) is 3.76. The Hall–Kier alpha value is -3.35. The van der Waals surface area contributed by atoms with Crippen LogP contribution in [-0.2, 0) is 4.79 Å². The van der Waals surface area contributed by atoms with Gasteiger partial charge in [0.05, 0.1) is 7.11 Å². The number of rotatable bonds is 3. The van der Waals surface area contributed by atoms with Crippen molar-refractivity contribution >= 4 is 29.0 Å². The van der Waals surface area contributed by atoms with Crippen molar-refractivity contribution in [2.45, 2.75) is 13.1 Å². The van der Waals surface area contributed by atoms with Crippen molar-refractivity contribution < 1.29 is 14.3 Å². The summed E-state index contributed by atoms with van der Waals surface area (Å²) in [6, 6.07) is 13.7. The molecule has 0 bridgehead atoms. The van der Waals surface area contributed by atoms with Crippen LogP contribution in [0.2, 0.25) is 0 Å². The minimum absolute atomic E-state index is 0.394. The molecule has 1 aliphatic heterocycles. The van der Waals surface area contributed by atoms with Gasteiger partial charge < -0.3 is 20.7 Å². The SMILES string of the molecule is COc1ccc(NC(=O)NC2N=C(C)c3ccccc3NC2=O)cc1. The minimum Gasteiger partial charge on any atom is -0.497 e. The molecule has 0 saturated carbocycles. The highest BCUT2D eigenvalue weighted by molar-refractivity contribution is 6.11. The van der Waals surface area contributed by atoms with Crippen LogP contribution in [0, 0.1) is 0 Å². The first kappa shape index (κ1) is 16.5. The fourth-order valence-corrected chi connectivity index (χ4v) is 2.49. The van der Waals surface area contributed by atoms with Gasteiger partial charge in [-0.25, -0.2) is 4.79 Å². The molecule has 128 valence electrons. The minimum atomic E-state index is -1.01. The third-order valence-corrected chi connectivity index (χ3v) is 3.76. The monoisotopic (exact) mass is 338 g/mol. The van der Waals surface area contributed by atoms with Crippen LogP contribution in [-0.4, -0.2) is 30.9 Å². The highest BCUT2D eigenvalue weighted by atomic mass is 16.5. The molecule has 0 spiro atoms. The van der Waals surface area contributed by atoms with Crippen LogP contribution in [0.3, 0.4) is 0 Å². The van der Waals surface area contributed by atoms with E-state index in [1.165, 1.54) is 0 Å². The molecule has 0 saturated heterocycles. The summed E-state index contributed by atoms with van der Waals surface area (Å²) in [5.41, 5.74) is 2.75. The smallest absolute Gasteiger partial charge is 0.321 e. The number of amides is 3. The number of anilines is 2. The molecule has 7 nitrogen and oxygen atoms in total. The Morgan fingerprint density at radius 2 is 1.88 bits per heavy atom. The van der Waals surface area contributed by atoms with E-state index in [1.807, 2.05) is 18.2 Å². The summed E-state index contributed by atoms with van der Waals surface area (Å²) in [5, 5.41) is 8.01. The number of carbonyl (C=O) groups is 2. The van der Waals surface area contributed by atoms with Crippen LogP contribution in [0.1, 0.15) is 12.5 Å². The highest BCUT2D eigenvalue weighted by Crippen LogP contribution is 2.20. The van der Waals surface area contributed by atoms with Crippen molar-refractivity contribution in [3.05, 3.63) is 54.1 Å². The van der Waals surface area contributed by atoms with Crippen LogP contribution >= 0.6 is 0 Å². The lowest BCUT2D eigenvalue weighted by Gasteiger charge is -2.14. The first-order chi connectivity index (χ1) is 12.1. The number of hydrogen-bond acceptors (Lipinski definition) is 4. The number of nitrogens with zero attached hydrogens (tertiary/aromatic N) is 1. The van der Waals surface area contributed by atoms with Crippen molar-refractivity contribution in [1.82, 2.24) is 5.32 Å². The second-order valence-electron chi connectivity index (χ2n) is 5.48. The number of para-hydroxylation sites is 1. The van der Waals surface area contributed by atoms with E-state index >= 15 is 0 Å². The van der Waals surface area contributed by atoms with Gasteiger partial charge in [-0.2, -0.15) is 0 Å². The Balaban J connectivity index is 1.70. The lowest BCUT2D eigenvalue weighted by Crippen LogP contribution is -2.44. The zero-order valence-electron chi connectivity index (χ0n) is 13.9. The van der Waals surface area contributed by atoms with Gasteiger partial charge in [-0.05, 0) is 37.3 Å². The van der Waals surface area contributed by atoms with Crippen LogP contribution in [0.15, 0.2) is 53.5 Å². The van der Waals surface area contributed by atoms with E-state index in [-0.39, 0.29) is 0 Å². The van der Waals surface area contributed by atoms with Gasteiger partial charge in [-0.1, -0.05) is 18.2 Å². The number of aliphatic imine (C=N–C) groups is 1. The van der Waals surface area contributed by atoms with Gasteiger partial charge in [0, 0.05) is 22.6 Å². The topological polar surface area (TPSA) is 91.8 Å². The number of carbonyl (C=O) groups excluding carboxylic acids is 2. The maximum absolute atomic E-state index is 12.3. The van der Waals surface area contributed by atoms with Gasteiger partial charge in [0.15, 0.2) is 0 Å². The summed E-state index contributed by atoms with van der Waals surface area (Å²) in [6.45, 7) is 1.80. The molecule has 2 aromatic rings. The van der Waals surface area contributed by atoms with Crippen molar-refractivity contribution in [1.29, 1.82) is 0 Å². The average molecular weight is 338 g/mol. The first-order valence-electron chi connectivity index (χ1n) is 7.73. The predicted octanol–water partition coefficient (Wildman–Crippen LogP) is 2.60. The van der Waals surface area contributed by atoms with E-state index in [4.69, 9.17) is 4.74 Å².